The first-order valence-electron chi connectivity index (χ1n) is 6.12. The Balaban J connectivity index is 2.72. The van der Waals surface area contributed by atoms with Crippen molar-refractivity contribution < 1.29 is 14.6 Å². The highest BCUT2D eigenvalue weighted by molar-refractivity contribution is 9.10. The number of carboxylic acids is 1. The van der Waals surface area contributed by atoms with E-state index < -0.39 is 12.1 Å². The fourth-order valence-corrected chi connectivity index (χ4v) is 1.88. The maximum absolute atomic E-state index is 10.7. The topological polar surface area (TPSA) is 58.6 Å². The van der Waals surface area contributed by atoms with Crippen molar-refractivity contribution in [2.45, 2.75) is 45.9 Å². The molecular weight excluding hydrogens is 310 g/mol. The SMILES string of the molecule is CC(Oc1ccc(CNC(C)(C)C)cc1Br)C(=O)O. The number of hydrogen-bond acceptors (Lipinski definition) is 3. The largest absolute Gasteiger partial charge is 0.479 e. The third-order valence-electron chi connectivity index (χ3n) is 2.47. The highest BCUT2D eigenvalue weighted by atomic mass is 79.9. The van der Waals surface area contributed by atoms with E-state index in [-0.39, 0.29) is 5.54 Å². The molecule has 1 atom stereocenters. The highest BCUT2D eigenvalue weighted by Crippen LogP contribution is 2.27. The summed E-state index contributed by atoms with van der Waals surface area (Å²) in [4.78, 5) is 10.7. The number of nitrogens with one attached hydrogen (secondary N) is 1. The summed E-state index contributed by atoms with van der Waals surface area (Å²) in [6.45, 7) is 8.57. The monoisotopic (exact) mass is 329 g/mol. The molecule has 0 fully saturated rings. The van der Waals surface area contributed by atoms with E-state index in [2.05, 4.69) is 42.0 Å². The summed E-state index contributed by atoms with van der Waals surface area (Å²) in [5, 5.41) is 12.2. The van der Waals surface area contributed by atoms with E-state index >= 15 is 0 Å². The maximum atomic E-state index is 10.7. The maximum Gasteiger partial charge on any atom is 0.344 e. The zero-order chi connectivity index (χ0) is 14.6. The summed E-state index contributed by atoms with van der Waals surface area (Å²) in [7, 11) is 0. The van der Waals surface area contributed by atoms with Crippen molar-refractivity contribution >= 4 is 21.9 Å². The number of hydrogen-bond donors (Lipinski definition) is 2. The molecule has 0 amide bonds. The molecule has 4 nitrogen and oxygen atoms in total. The number of carbonyl (C=O) groups is 1. The minimum Gasteiger partial charge on any atom is -0.479 e. The zero-order valence-corrected chi connectivity index (χ0v) is 13.2. The molecule has 0 saturated carbocycles. The summed E-state index contributed by atoms with van der Waals surface area (Å²) < 4.78 is 6.10. The van der Waals surface area contributed by atoms with Crippen molar-refractivity contribution in [2.24, 2.45) is 0 Å². The van der Waals surface area contributed by atoms with Crippen LogP contribution in [0, 0.1) is 0 Å². The van der Waals surface area contributed by atoms with Gasteiger partial charge in [-0.3, -0.25) is 0 Å². The fraction of sp³-hybridized carbons (Fsp3) is 0.500. The van der Waals surface area contributed by atoms with Crippen LogP contribution in [-0.2, 0) is 11.3 Å². The average molecular weight is 330 g/mol. The third-order valence-corrected chi connectivity index (χ3v) is 3.09. The second kappa shape index (κ2) is 6.39. The van der Waals surface area contributed by atoms with Crippen molar-refractivity contribution in [1.82, 2.24) is 5.32 Å². The summed E-state index contributed by atoms with van der Waals surface area (Å²) in [5.74, 6) is -0.445. The van der Waals surface area contributed by atoms with Gasteiger partial charge in [0.15, 0.2) is 6.10 Å². The second-order valence-electron chi connectivity index (χ2n) is 5.47. The van der Waals surface area contributed by atoms with Crippen LogP contribution in [0.15, 0.2) is 22.7 Å². The van der Waals surface area contributed by atoms with E-state index in [0.717, 1.165) is 16.6 Å². The third kappa shape index (κ3) is 5.61. The summed E-state index contributed by atoms with van der Waals surface area (Å²) in [5.41, 5.74) is 1.16. The Bertz CT molecular complexity index is 454. The van der Waals surface area contributed by atoms with Gasteiger partial charge in [-0.15, -0.1) is 0 Å². The lowest BCUT2D eigenvalue weighted by molar-refractivity contribution is -0.144. The van der Waals surface area contributed by atoms with Crippen LogP contribution >= 0.6 is 15.9 Å². The van der Waals surface area contributed by atoms with E-state index in [9.17, 15) is 4.79 Å². The van der Waals surface area contributed by atoms with Gasteiger partial charge >= 0.3 is 5.97 Å². The van der Waals surface area contributed by atoms with Gasteiger partial charge in [0.05, 0.1) is 4.47 Å². The Morgan fingerprint density at radius 1 is 1.47 bits per heavy atom. The predicted octanol–water partition coefficient (Wildman–Crippen LogP) is 3.19. The molecule has 0 radical (unpaired) electrons. The summed E-state index contributed by atoms with van der Waals surface area (Å²) >= 11 is 3.40. The minimum atomic E-state index is -0.981. The Morgan fingerprint density at radius 2 is 2.11 bits per heavy atom. The quantitative estimate of drug-likeness (QED) is 0.870. The number of benzene rings is 1. The van der Waals surface area contributed by atoms with Crippen molar-refractivity contribution in [3.63, 3.8) is 0 Å². The second-order valence-corrected chi connectivity index (χ2v) is 6.32. The van der Waals surface area contributed by atoms with Gasteiger partial charge in [-0.2, -0.15) is 0 Å². The molecule has 2 N–H and O–H groups in total. The van der Waals surface area contributed by atoms with Gasteiger partial charge in [0.1, 0.15) is 5.75 Å². The zero-order valence-electron chi connectivity index (χ0n) is 11.7. The molecule has 5 heteroatoms. The Labute approximate surface area is 122 Å². The average Bonchev–Trinajstić information content (AvgIpc) is 2.28. The molecule has 0 aliphatic rings. The van der Waals surface area contributed by atoms with E-state index in [4.69, 9.17) is 9.84 Å². The molecule has 0 aliphatic carbocycles. The molecule has 1 aromatic carbocycles. The predicted molar refractivity (Wildman–Crippen MR) is 78.5 cm³/mol. The summed E-state index contributed by atoms with van der Waals surface area (Å²) in [6.07, 6.45) is -0.866. The number of aliphatic carboxylic acids is 1. The smallest absolute Gasteiger partial charge is 0.344 e. The van der Waals surface area contributed by atoms with E-state index in [1.54, 1.807) is 6.07 Å². The lowest BCUT2D eigenvalue weighted by Crippen LogP contribution is -2.35. The Morgan fingerprint density at radius 3 is 2.58 bits per heavy atom. The van der Waals surface area contributed by atoms with Crippen LogP contribution in [0.25, 0.3) is 0 Å². The van der Waals surface area contributed by atoms with Gasteiger partial charge in [0.2, 0.25) is 0 Å². The van der Waals surface area contributed by atoms with Crippen LogP contribution in [0.1, 0.15) is 33.3 Å². The van der Waals surface area contributed by atoms with Crippen molar-refractivity contribution in [2.75, 3.05) is 0 Å². The van der Waals surface area contributed by atoms with Crippen LogP contribution in [0.4, 0.5) is 0 Å². The fourth-order valence-electron chi connectivity index (χ4n) is 1.36. The molecule has 0 aromatic heterocycles. The normalized spacial score (nSPS) is 13.1. The molecule has 0 bridgehead atoms. The van der Waals surface area contributed by atoms with E-state index in [1.807, 2.05) is 12.1 Å². The Kier molecular flexibility index (Phi) is 5.38. The van der Waals surface area contributed by atoms with E-state index in [0.29, 0.717) is 5.75 Å². The first-order chi connectivity index (χ1) is 8.69. The van der Waals surface area contributed by atoms with Crippen LogP contribution in [0.5, 0.6) is 5.75 Å². The lowest BCUT2D eigenvalue weighted by Gasteiger charge is -2.21. The molecule has 1 rings (SSSR count). The molecule has 106 valence electrons. The molecule has 0 saturated heterocycles. The Hall–Kier alpha value is -1.07. The van der Waals surface area contributed by atoms with Crippen LogP contribution < -0.4 is 10.1 Å². The highest BCUT2D eigenvalue weighted by Gasteiger charge is 2.15. The molecule has 1 aromatic rings. The summed E-state index contributed by atoms with van der Waals surface area (Å²) in [6, 6.07) is 5.64. The first kappa shape index (κ1) is 16.0. The molecule has 1 unspecified atom stereocenters. The van der Waals surface area contributed by atoms with Gasteiger partial charge in [0.25, 0.3) is 0 Å². The van der Waals surface area contributed by atoms with Crippen molar-refractivity contribution in [3.8, 4) is 5.75 Å². The molecule has 0 spiro atoms. The molecule has 19 heavy (non-hydrogen) atoms. The van der Waals surface area contributed by atoms with Crippen LogP contribution in [0.2, 0.25) is 0 Å². The number of ether oxygens (including phenoxy) is 1. The van der Waals surface area contributed by atoms with Gasteiger partial charge in [-0.25, -0.2) is 4.79 Å². The van der Waals surface area contributed by atoms with Crippen LogP contribution in [0.3, 0.4) is 0 Å². The van der Waals surface area contributed by atoms with Gasteiger partial charge in [0, 0.05) is 12.1 Å². The number of carboxylic acid groups (broad SMARTS) is 1. The molecule has 0 aliphatic heterocycles. The standard InChI is InChI=1S/C14H20BrNO3/c1-9(13(17)18)19-12-6-5-10(7-11(12)15)8-16-14(2,3)4/h5-7,9,16H,8H2,1-4H3,(H,17,18). The first-order valence-corrected chi connectivity index (χ1v) is 6.91. The number of rotatable bonds is 5. The van der Waals surface area contributed by atoms with Gasteiger partial charge < -0.3 is 15.2 Å². The van der Waals surface area contributed by atoms with Gasteiger partial charge in [-0.05, 0) is 61.3 Å². The molecule has 0 heterocycles. The van der Waals surface area contributed by atoms with Crippen molar-refractivity contribution in [3.05, 3.63) is 28.2 Å². The van der Waals surface area contributed by atoms with E-state index in [1.165, 1.54) is 6.92 Å². The van der Waals surface area contributed by atoms with Gasteiger partial charge in [-0.1, -0.05) is 6.07 Å². The lowest BCUT2D eigenvalue weighted by atomic mass is 10.1. The van der Waals surface area contributed by atoms with Crippen molar-refractivity contribution in [1.29, 1.82) is 0 Å². The minimum absolute atomic E-state index is 0.0550. The molecular formula is C14H20BrNO3. The van der Waals surface area contributed by atoms with Crippen LogP contribution in [-0.4, -0.2) is 22.7 Å². The number of halogens is 1.